The van der Waals surface area contributed by atoms with Crippen molar-refractivity contribution in [1.29, 1.82) is 0 Å². The average molecular weight is 245 g/mol. The van der Waals surface area contributed by atoms with Crippen LogP contribution >= 0.6 is 23.4 Å². The van der Waals surface area contributed by atoms with E-state index in [2.05, 4.69) is 21.9 Å². The number of hydrogen-bond donors (Lipinski definition) is 2. The Kier molecular flexibility index (Phi) is 5.28. The van der Waals surface area contributed by atoms with E-state index in [0.717, 1.165) is 18.1 Å². The molecule has 1 rings (SSSR count). The van der Waals surface area contributed by atoms with E-state index in [4.69, 9.17) is 17.3 Å². The van der Waals surface area contributed by atoms with Crippen LogP contribution in [-0.4, -0.2) is 28.0 Å². The fraction of sp³-hybridized carbons (Fsp3) is 0.333. The molecule has 0 saturated carbocycles. The Balaban J connectivity index is 2.36. The lowest BCUT2D eigenvalue weighted by atomic mass is 10.5. The number of anilines is 2. The molecular weight excluding hydrogens is 232 g/mol. The van der Waals surface area contributed by atoms with Crippen LogP contribution in [0.2, 0.25) is 5.28 Å². The van der Waals surface area contributed by atoms with Crippen LogP contribution in [0, 0.1) is 0 Å². The van der Waals surface area contributed by atoms with Crippen molar-refractivity contribution in [3.63, 3.8) is 0 Å². The van der Waals surface area contributed by atoms with Crippen molar-refractivity contribution >= 4 is 34.9 Å². The van der Waals surface area contributed by atoms with Crippen LogP contribution in [0.3, 0.4) is 0 Å². The van der Waals surface area contributed by atoms with E-state index in [1.165, 1.54) is 6.20 Å². The molecule has 1 heterocycles. The maximum absolute atomic E-state index is 5.66. The van der Waals surface area contributed by atoms with E-state index in [0.29, 0.717) is 11.5 Å². The molecule has 0 atom stereocenters. The smallest absolute Gasteiger partial charge is 0.224 e. The van der Waals surface area contributed by atoms with Crippen molar-refractivity contribution in [1.82, 2.24) is 9.97 Å². The Bertz CT molecular complexity index is 332. The molecule has 0 aliphatic rings. The number of thioether (sulfide) groups is 1. The number of hydrogen-bond acceptors (Lipinski definition) is 5. The van der Waals surface area contributed by atoms with Gasteiger partial charge in [-0.25, -0.2) is 4.98 Å². The number of rotatable bonds is 6. The molecule has 0 aromatic carbocycles. The third-order valence-electron chi connectivity index (χ3n) is 1.56. The van der Waals surface area contributed by atoms with Crippen LogP contribution < -0.4 is 11.1 Å². The standard InChI is InChI=1S/C9H13ClN4S/c1-2-4-15-5-3-12-8-7(11)6-13-9(10)14-8/h2,6H,1,3-5,11H2,(H,12,13,14). The van der Waals surface area contributed by atoms with Crippen LogP contribution in [0.15, 0.2) is 18.9 Å². The molecule has 15 heavy (non-hydrogen) atoms. The maximum atomic E-state index is 5.66. The molecule has 82 valence electrons. The van der Waals surface area contributed by atoms with Crippen molar-refractivity contribution in [3.8, 4) is 0 Å². The van der Waals surface area contributed by atoms with Gasteiger partial charge >= 0.3 is 0 Å². The van der Waals surface area contributed by atoms with Gasteiger partial charge in [-0.3, -0.25) is 0 Å². The Morgan fingerprint density at radius 2 is 2.47 bits per heavy atom. The molecule has 0 aliphatic heterocycles. The molecule has 6 heteroatoms. The van der Waals surface area contributed by atoms with Crippen LogP contribution in [0.25, 0.3) is 0 Å². The molecule has 1 aromatic rings. The van der Waals surface area contributed by atoms with Gasteiger partial charge in [0.2, 0.25) is 5.28 Å². The number of nitrogen functional groups attached to an aromatic ring is 1. The van der Waals surface area contributed by atoms with Crippen molar-refractivity contribution in [2.75, 3.05) is 29.1 Å². The van der Waals surface area contributed by atoms with E-state index >= 15 is 0 Å². The SMILES string of the molecule is C=CCSCCNc1nc(Cl)ncc1N. The quantitative estimate of drug-likeness (QED) is 0.456. The first kappa shape index (κ1) is 12.1. The molecule has 0 aliphatic carbocycles. The Hall–Kier alpha value is -0.940. The van der Waals surface area contributed by atoms with E-state index in [-0.39, 0.29) is 5.28 Å². The zero-order chi connectivity index (χ0) is 11.1. The van der Waals surface area contributed by atoms with E-state index < -0.39 is 0 Å². The van der Waals surface area contributed by atoms with Crippen LogP contribution in [0.4, 0.5) is 11.5 Å². The second kappa shape index (κ2) is 6.53. The summed E-state index contributed by atoms with van der Waals surface area (Å²) >= 11 is 7.43. The molecular formula is C9H13ClN4S. The zero-order valence-electron chi connectivity index (χ0n) is 8.24. The van der Waals surface area contributed by atoms with Crippen molar-refractivity contribution in [3.05, 3.63) is 24.1 Å². The summed E-state index contributed by atoms with van der Waals surface area (Å²) in [4.78, 5) is 7.75. The summed E-state index contributed by atoms with van der Waals surface area (Å²) < 4.78 is 0. The number of nitrogens with zero attached hydrogens (tertiary/aromatic N) is 2. The molecule has 0 spiro atoms. The average Bonchev–Trinajstić information content (AvgIpc) is 2.23. The van der Waals surface area contributed by atoms with Gasteiger partial charge in [-0.05, 0) is 11.6 Å². The maximum Gasteiger partial charge on any atom is 0.224 e. The number of nitrogens with one attached hydrogen (secondary N) is 1. The predicted molar refractivity (Wildman–Crippen MR) is 67.5 cm³/mol. The minimum Gasteiger partial charge on any atom is -0.394 e. The Morgan fingerprint density at radius 3 is 3.20 bits per heavy atom. The van der Waals surface area contributed by atoms with Gasteiger partial charge in [0.05, 0.1) is 11.9 Å². The molecule has 0 fully saturated rings. The van der Waals surface area contributed by atoms with Crippen molar-refractivity contribution < 1.29 is 0 Å². The summed E-state index contributed by atoms with van der Waals surface area (Å²) in [5, 5.41) is 3.30. The fourth-order valence-electron chi connectivity index (χ4n) is 0.919. The van der Waals surface area contributed by atoms with E-state index in [1.54, 1.807) is 11.8 Å². The van der Waals surface area contributed by atoms with Gasteiger partial charge in [0.25, 0.3) is 0 Å². The fourth-order valence-corrected chi connectivity index (χ4v) is 1.63. The Morgan fingerprint density at radius 1 is 1.67 bits per heavy atom. The van der Waals surface area contributed by atoms with Crippen LogP contribution in [0.1, 0.15) is 0 Å². The molecule has 1 aromatic heterocycles. The third kappa shape index (κ3) is 4.40. The summed E-state index contributed by atoms with van der Waals surface area (Å²) in [5.41, 5.74) is 6.17. The molecule has 0 radical (unpaired) electrons. The molecule has 0 unspecified atom stereocenters. The second-order valence-corrected chi connectivity index (χ2v) is 4.22. The normalized spacial score (nSPS) is 9.93. The number of aromatic nitrogens is 2. The lowest BCUT2D eigenvalue weighted by molar-refractivity contribution is 1.12. The van der Waals surface area contributed by atoms with Gasteiger partial charge in [0, 0.05) is 18.1 Å². The molecule has 0 saturated heterocycles. The topological polar surface area (TPSA) is 63.8 Å². The summed E-state index contributed by atoms with van der Waals surface area (Å²) in [6.45, 7) is 4.43. The molecule has 3 N–H and O–H groups in total. The van der Waals surface area contributed by atoms with Crippen LogP contribution in [0.5, 0.6) is 0 Å². The van der Waals surface area contributed by atoms with Crippen molar-refractivity contribution in [2.24, 2.45) is 0 Å². The number of nitrogens with two attached hydrogens (primary N) is 1. The van der Waals surface area contributed by atoms with E-state index in [9.17, 15) is 0 Å². The number of halogens is 1. The highest BCUT2D eigenvalue weighted by Gasteiger charge is 2.01. The highest BCUT2D eigenvalue weighted by atomic mass is 35.5. The van der Waals surface area contributed by atoms with Gasteiger partial charge in [-0.15, -0.1) is 6.58 Å². The van der Waals surface area contributed by atoms with Gasteiger partial charge in [-0.2, -0.15) is 16.7 Å². The van der Waals surface area contributed by atoms with Gasteiger partial charge in [0.15, 0.2) is 5.82 Å². The summed E-state index contributed by atoms with van der Waals surface area (Å²) in [6, 6.07) is 0. The monoisotopic (exact) mass is 244 g/mol. The lowest BCUT2D eigenvalue weighted by Crippen LogP contribution is -2.08. The first-order valence-electron chi connectivity index (χ1n) is 4.44. The molecule has 0 bridgehead atoms. The van der Waals surface area contributed by atoms with Gasteiger partial charge in [-0.1, -0.05) is 6.08 Å². The zero-order valence-corrected chi connectivity index (χ0v) is 9.81. The summed E-state index contributed by atoms with van der Waals surface area (Å²) in [5.74, 6) is 2.50. The summed E-state index contributed by atoms with van der Waals surface area (Å²) in [6.07, 6.45) is 3.37. The highest BCUT2D eigenvalue weighted by Crippen LogP contribution is 2.15. The highest BCUT2D eigenvalue weighted by molar-refractivity contribution is 7.99. The predicted octanol–water partition coefficient (Wildman–Crippen LogP) is 2.04. The van der Waals surface area contributed by atoms with Crippen molar-refractivity contribution in [2.45, 2.75) is 0 Å². The first-order chi connectivity index (χ1) is 7.24. The summed E-state index contributed by atoms with van der Waals surface area (Å²) in [7, 11) is 0. The molecule has 4 nitrogen and oxygen atoms in total. The first-order valence-corrected chi connectivity index (χ1v) is 5.98. The van der Waals surface area contributed by atoms with Crippen LogP contribution in [-0.2, 0) is 0 Å². The van der Waals surface area contributed by atoms with E-state index in [1.807, 2.05) is 6.08 Å². The lowest BCUT2D eigenvalue weighted by Gasteiger charge is -2.07. The van der Waals surface area contributed by atoms with Gasteiger partial charge < -0.3 is 11.1 Å². The Labute approximate surface area is 98.3 Å². The minimum atomic E-state index is 0.199. The largest absolute Gasteiger partial charge is 0.394 e. The van der Waals surface area contributed by atoms with Gasteiger partial charge in [0.1, 0.15) is 0 Å². The third-order valence-corrected chi connectivity index (χ3v) is 2.71. The second-order valence-electron chi connectivity index (χ2n) is 2.73. The minimum absolute atomic E-state index is 0.199. The molecule has 0 amide bonds.